The van der Waals surface area contributed by atoms with Gasteiger partial charge >= 0.3 is 12.4 Å². The number of rotatable bonds is 9. The van der Waals surface area contributed by atoms with Crippen LogP contribution in [0, 0.1) is 0 Å². The summed E-state index contributed by atoms with van der Waals surface area (Å²) >= 11 is 18.4. The van der Waals surface area contributed by atoms with Crippen molar-refractivity contribution in [1.82, 2.24) is 5.32 Å². The Balaban J connectivity index is 2.47. The summed E-state index contributed by atoms with van der Waals surface area (Å²) < 4.78 is 109. The van der Waals surface area contributed by atoms with Crippen LogP contribution in [0.2, 0.25) is 15.1 Å². The molecular weight excluding hydrogens is 597 g/mol. The van der Waals surface area contributed by atoms with Gasteiger partial charge in [0.15, 0.2) is 0 Å². The van der Waals surface area contributed by atoms with Gasteiger partial charge in [-0.3, -0.25) is 9.18 Å². The van der Waals surface area contributed by atoms with Gasteiger partial charge in [-0.05, 0) is 42.8 Å². The molecule has 0 aliphatic heterocycles. The fraction of sp³-hybridized carbons (Fsp3) is 0.348. The van der Waals surface area contributed by atoms with Crippen molar-refractivity contribution in [1.29, 1.82) is 0 Å². The van der Waals surface area contributed by atoms with Gasteiger partial charge in [-0.25, -0.2) is 4.39 Å². The normalized spacial score (nSPS) is 14.4. The first-order valence-electron chi connectivity index (χ1n) is 10.3. The third-order valence-corrected chi connectivity index (χ3v) is 7.22. The van der Waals surface area contributed by atoms with Gasteiger partial charge in [-0.2, -0.15) is 38.1 Å². The third kappa shape index (κ3) is 8.66. The number of carbonyl (C=O) groups is 1. The summed E-state index contributed by atoms with van der Waals surface area (Å²) in [6.45, 7) is 0.886. The lowest BCUT2D eigenvalue weighted by molar-refractivity contribution is -0.140. The molecule has 2 atom stereocenters. The van der Waals surface area contributed by atoms with Gasteiger partial charge in [0.25, 0.3) is 5.91 Å². The Kier molecular flexibility index (Phi) is 11.0. The molecule has 37 heavy (non-hydrogen) atoms. The van der Waals surface area contributed by atoms with E-state index in [1.165, 1.54) is 6.92 Å². The molecule has 14 heteroatoms. The summed E-state index contributed by atoms with van der Waals surface area (Å²) in [7, 11) is 0. The fourth-order valence-corrected chi connectivity index (χ4v) is 4.49. The van der Waals surface area contributed by atoms with Gasteiger partial charge in [0, 0.05) is 23.1 Å². The number of alkyl halides is 7. The number of amides is 1. The van der Waals surface area contributed by atoms with E-state index in [9.17, 15) is 39.9 Å². The number of hydrogen-bond acceptors (Lipinski definition) is 2. The molecular formula is C23H18Cl3F8NOS. The summed E-state index contributed by atoms with van der Waals surface area (Å²) in [6.07, 6.45) is -10.1. The van der Waals surface area contributed by atoms with E-state index in [1.807, 2.05) is 0 Å². The van der Waals surface area contributed by atoms with Crippen LogP contribution < -0.4 is 5.32 Å². The summed E-state index contributed by atoms with van der Waals surface area (Å²) in [5, 5.41) is 1.44. The summed E-state index contributed by atoms with van der Waals surface area (Å²) in [6, 6.07) is 2.69. The Bertz CT molecular complexity index is 1130. The average molecular weight is 615 g/mol. The highest BCUT2D eigenvalue weighted by atomic mass is 35.5. The number of carbonyl (C=O) groups excluding carboxylic acids is 1. The fourth-order valence-electron chi connectivity index (χ4n) is 3.16. The van der Waals surface area contributed by atoms with E-state index in [2.05, 4.69) is 5.32 Å². The maximum atomic E-state index is 14.9. The molecule has 0 spiro atoms. The molecule has 2 rings (SSSR count). The van der Waals surface area contributed by atoms with Crippen molar-refractivity contribution in [2.24, 2.45) is 0 Å². The van der Waals surface area contributed by atoms with Crippen molar-refractivity contribution in [2.75, 3.05) is 18.2 Å². The Labute approximate surface area is 226 Å². The molecule has 0 saturated heterocycles. The number of thioether (sulfide) groups is 1. The summed E-state index contributed by atoms with van der Waals surface area (Å²) in [5.74, 6) is -5.01. The minimum atomic E-state index is -5.13. The van der Waals surface area contributed by atoms with Crippen LogP contribution >= 0.6 is 46.6 Å². The molecule has 0 heterocycles. The Morgan fingerprint density at radius 2 is 1.65 bits per heavy atom. The van der Waals surface area contributed by atoms with Crippen molar-refractivity contribution in [3.63, 3.8) is 0 Å². The highest BCUT2D eigenvalue weighted by Crippen LogP contribution is 2.42. The maximum Gasteiger partial charge on any atom is 0.417 e. The zero-order valence-electron chi connectivity index (χ0n) is 18.7. The van der Waals surface area contributed by atoms with Crippen LogP contribution in [0.15, 0.2) is 36.4 Å². The molecule has 1 amide bonds. The van der Waals surface area contributed by atoms with E-state index in [4.69, 9.17) is 34.8 Å². The van der Waals surface area contributed by atoms with Crippen molar-refractivity contribution < 1.29 is 39.9 Å². The lowest BCUT2D eigenvalue weighted by Gasteiger charge is -2.19. The lowest BCUT2D eigenvalue weighted by atomic mass is 9.95. The number of hydrogen-bond donors (Lipinski definition) is 1. The second kappa shape index (κ2) is 12.9. The third-order valence-electron chi connectivity index (χ3n) is 4.84. The number of allylic oxidation sites excluding steroid dienone is 1. The summed E-state index contributed by atoms with van der Waals surface area (Å²) in [5.41, 5.74) is -3.82. The molecule has 0 aliphatic carbocycles. The highest BCUT2D eigenvalue weighted by Gasteiger charge is 2.41. The minimum absolute atomic E-state index is 0.0787. The smallest absolute Gasteiger partial charge is 0.349 e. The second-order valence-corrected chi connectivity index (χ2v) is 10.1. The van der Waals surface area contributed by atoms with Gasteiger partial charge in [0.1, 0.15) is 11.7 Å². The van der Waals surface area contributed by atoms with E-state index >= 15 is 0 Å². The minimum Gasteiger partial charge on any atom is -0.349 e. The monoisotopic (exact) mass is 613 g/mol. The largest absolute Gasteiger partial charge is 0.417 e. The van der Waals surface area contributed by atoms with Gasteiger partial charge in [-0.15, -0.1) is 0 Å². The van der Waals surface area contributed by atoms with Gasteiger partial charge in [0.2, 0.25) is 0 Å². The Hall–Kier alpha value is -1.69. The van der Waals surface area contributed by atoms with E-state index in [0.29, 0.717) is 6.07 Å². The van der Waals surface area contributed by atoms with Crippen molar-refractivity contribution >= 4 is 58.3 Å². The van der Waals surface area contributed by atoms with Gasteiger partial charge < -0.3 is 5.32 Å². The molecule has 0 saturated carbocycles. The SMILES string of the molecule is C[C@H](CSCCF)NC(=O)c1ccc(/C(F)=C/C(c2cc(Cl)c(Cl)c(Cl)c2)C(F)(F)F)cc1C(F)(F)F. The van der Waals surface area contributed by atoms with E-state index in [1.54, 1.807) is 0 Å². The molecule has 2 nitrogen and oxygen atoms in total. The topological polar surface area (TPSA) is 29.1 Å². The average Bonchev–Trinajstić information content (AvgIpc) is 2.78. The van der Waals surface area contributed by atoms with Crippen LogP contribution in [0.5, 0.6) is 0 Å². The molecule has 1 unspecified atom stereocenters. The Morgan fingerprint density at radius 3 is 2.16 bits per heavy atom. The van der Waals surface area contributed by atoms with Crippen LogP contribution in [0.4, 0.5) is 35.1 Å². The molecule has 0 aliphatic rings. The molecule has 0 fully saturated rings. The van der Waals surface area contributed by atoms with Crippen LogP contribution in [-0.4, -0.2) is 36.3 Å². The second-order valence-electron chi connectivity index (χ2n) is 7.73. The van der Waals surface area contributed by atoms with Crippen molar-refractivity contribution in [2.45, 2.75) is 31.2 Å². The Morgan fingerprint density at radius 1 is 1.05 bits per heavy atom. The first-order valence-corrected chi connectivity index (χ1v) is 12.6. The predicted octanol–water partition coefficient (Wildman–Crippen LogP) is 9.14. The molecule has 204 valence electrons. The standard InChI is InChI=1S/C23H18Cl3F8NOS/c1-11(10-37-5-4-27)35-21(36)14-3-2-12(6-16(14)23(32,33)34)19(28)9-15(22(29,30)31)13-7-17(24)20(26)18(25)8-13/h2-3,6-9,11,15H,4-5,10H2,1H3,(H,35,36)/b19-9-/t11-,15?/m1/s1. The molecule has 2 aromatic carbocycles. The molecule has 0 radical (unpaired) electrons. The van der Waals surface area contributed by atoms with Crippen molar-refractivity contribution in [3.05, 3.63) is 73.7 Å². The van der Waals surface area contributed by atoms with Crippen LogP contribution in [0.1, 0.15) is 39.9 Å². The zero-order chi connectivity index (χ0) is 28.1. The van der Waals surface area contributed by atoms with E-state index in [0.717, 1.165) is 30.0 Å². The number of halogens is 11. The van der Waals surface area contributed by atoms with Crippen molar-refractivity contribution in [3.8, 4) is 0 Å². The molecule has 0 bridgehead atoms. The molecule has 1 N–H and O–H groups in total. The van der Waals surface area contributed by atoms with Crippen LogP contribution in [-0.2, 0) is 6.18 Å². The molecule has 2 aromatic rings. The van der Waals surface area contributed by atoms with Gasteiger partial charge in [0.05, 0.1) is 32.9 Å². The quantitative estimate of drug-likeness (QED) is 0.173. The van der Waals surface area contributed by atoms with Gasteiger partial charge in [-0.1, -0.05) is 40.9 Å². The van der Waals surface area contributed by atoms with E-state index in [-0.39, 0.29) is 38.7 Å². The number of benzene rings is 2. The van der Waals surface area contributed by atoms with E-state index < -0.39 is 65.0 Å². The first-order chi connectivity index (χ1) is 17.1. The summed E-state index contributed by atoms with van der Waals surface area (Å²) in [4.78, 5) is 12.4. The maximum absolute atomic E-state index is 14.9. The zero-order valence-corrected chi connectivity index (χ0v) is 21.8. The van der Waals surface area contributed by atoms with Crippen LogP contribution in [0.3, 0.4) is 0 Å². The first kappa shape index (κ1) is 31.5. The molecule has 0 aromatic heterocycles. The van der Waals surface area contributed by atoms with Crippen LogP contribution in [0.25, 0.3) is 5.83 Å². The highest BCUT2D eigenvalue weighted by molar-refractivity contribution is 7.99. The predicted molar refractivity (Wildman–Crippen MR) is 131 cm³/mol. The number of nitrogens with one attached hydrogen (secondary N) is 1. The lowest BCUT2D eigenvalue weighted by Crippen LogP contribution is -2.35.